The van der Waals surface area contributed by atoms with Crippen LogP contribution in [0, 0.1) is 5.92 Å². The first kappa shape index (κ1) is 27.0. The van der Waals surface area contributed by atoms with Gasteiger partial charge in [-0.05, 0) is 63.6 Å². The summed E-state index contributed by atoms with van der Waals surface area (Å²) in [6.07, 6.45) is 3.03. The van der Waals surface area contributed by atoms with Gasteiger partial charge in [-0.3, -0.25) is 14.4 Å². The summed E-state index contributed by atoms with van der Waals surface area (Å²) in [5.74, 6) is -0.256. The molecule has 38 heavy (non-hydrogen) atoms. The highest BCUT2D eigenvalue weighted by Crippen LogP contribution is 2.39. The molecular formula is C28H37F3N4O3. The molecule has 0 radical (unpaired) electrons. The molecule has 0 unspecified atom stereocenters. The molecular weight excluding hydrogens is 497 g/mol. The molecule has 0 spiro atoms. The van der Waals surface area contributed by atoms with Gasteiger partial charge < -0.3 is 9.80 Å². The standard InChI is InChI=1S/C28H37F3N4O3/c1-32(17-15-28(29,30)31)20-10-12-21(13-11-20)33(16-14-19-8-9-19)24-5-2-4-22-23(24)18-34(27(22)38)35-25(36)6-3-7-26(35)37/h2,4-5,19-21H,3,6-18H2,1H3. The molecule has 0 aromatic heterocycles. The maximum atomic E-state index is 13.3. The second-order valence-electron chi connectivity index (χ2n) is 11.4. The molecule has 3 amide bonds. The molecule has 10 heteroatoms. The molecule has 0 atom stereocenters. The van der Waals surface area contributed by atoms with E-state index in [1.165, 1.54) is 17.9 Å². The number of hydrazine groups is 1. The zero-order chi connectivity index (χ0) is 27.0. The van der Waals surface area contributed by atoms with E-state index in [4.69, 9.17) is 0 Å². The molecule has 1 aromatic carbocycles. The van der Waals surface area contributed by atoms with E-state index in [1.807, 2.05) is 17.0 Å². The number of imide groups is 1. The Labute approximate surface area is 221 Å². The third-order valence-electron chi connectivity index (χ3n) is 8.68. The summed E-state index contributed by atoms with van der Waals surface area (Å²) in [5.41, 5.74) is 2.36. The van der Waals surface area contributed by atoms with Gasteiger partial charge in [0.25, 0.3) is 5.91 Å². The fourth-order valence-electron chi connectivity index (χ4n) is 6.27. The van der Waals surface area contributed by atoms with Crippen LogP contribution < -0.4 is 4.90 Å². The van der Waals surface area contributed by atoms with E-state index in [9.17, 15) is 27.6 Å². The van der Waals surface area contributed by atoms with Crippen molar-refractivity contribution in [2.24, 2.45) is 5.92 Å². The van der Waals surface area contributed by atoms with Gasteiger partial charge in [0.05, 0.1) is 13.0 Å². The van der Waals surface area contributed by atoms with Gasteiger partial charge in [0.15, 0.2) is 0 Å². The maximum Gasteiger partial charge on any atom is 0.390 e. The molecule has 2 aliphatic heterocycles. The number of fused-ring (bicyclic) bond motifs is 1. The highest BCUT2D eigenvalue weighted by atomic mass is 19.4. The number of halogens is 3. The molecule has 208 valence electrons. The summed E-state index contributed by atoms with van der Waals surface area (Å²) in [6.45, 7) is 1.07. The largest absolute Gasteiger partial charge is 0.390 e. The van der Waals surface area contributed by atoms with Gasteiger partial charge in [0, 0.05) is 54.8 Å². The van der Waals surface area contributed by atoms with Gasteiger partial charge in [-0.15, -0.1) is 0 Å². The number of carbonyl (C=O) groups excluding carboxylic acids is 3. The van der Waals surface area contributed by atoms with Gasteiger partial charge in [-0.25, -0.2) is 5.01 Å². The number of nitrogens with zero attached hydrogens (tertiary/aromatic N) is 4. The predicted molar refractivity (Wildman–Crippen MR) is 136 cm³/mol. The van der Waals surface area contributed by atoms with Crippen molar-refractivity contribution in [3.63, 3.8) is 0 Å². The summed E-state index contributed by atoms with van der Waals surface area (Å²) in [7, 11) is 1.79. The zero-order valence-corrected chi connectivity index (χ0v) is 22.0. The fraction of sp³-hybridized carbons (Fsp3) is 0.679. The lowest BCUT2D eigenvalue weighted by Gasteiger charge is -2.41. The van der Waals surface area contributed by atoms with Gasteiger partial charge in [-0.2, -0.15) is 18.2 Å². The SMILES string of the molecule is CN(CCC(F)(F)F)C1CCC(N(CCC2CC2)c2cccc3c2CN(N2C(=O)CCCC2=O)C3=O)CC1. The van der Waals surface area contributed by atoms with E-state index >= 15 is 0 Å². The van der Waals surface area contributed by atoms with E-state index in [1.54, 1.807) is 13.1 Å². The Balaban J connectivity index is 1.33. The van der Waals surface area contributed by atoms with Crippen LogP contribution in [0.15, 0.2) is 18.2 Å². The van der Waals surface area contributed by atoms with E-state index in [-0.39, 0.29) is 55.7 Å². The molecule has 7 nitrogen and oxygen atoms in total. The minimum absolute atomic E-state index is 0.0162. The van der Waals surface area contributed by atoms with Gasteiger partial charge in [0.1, 0.15) is 0 Å². The van der Waals surface area contributed by atoms with Crippen molar-refractivity contribution >= 4 is 23.4 Å². The Morgan fingerprint density at radius 1 is 0.921 bits per heavy atom. The Morgan fingerprint density at radius 2 is 1.58 bits per heavy atom. The first-order valence-electron chi connectivity index (χ1n) is 14.0. The lowest BCUT2D eigenvalue weighted by atomic mass is 9.88. The van der Waals surface area contributed by atoms with Crippen LogP contribution in [0.3, 0.4) is 0 Å². The van der Waals surface area contributed by atoms with E-state index < -0.39 is 12.6 Å². The molecule has 0 N–H and O–H groups in total. The van der Waals surface area contributed by atoms with Crippen molar-refractivity contribution in [1.82, 2.24) is 14.9 Å². The van der Waals surface area contributed by atoms with Crippen LogP contribution in [0.1, 0.15) is 86.6 Å². The summed E-state index contributed by atoms with van der Waals surface area (Å²) >= 11 is 0. The summed E-state index contributed by atoms with van der Waals surface area (Å²) in [6, 6.07) is 6.04. The summed E-state index contributed by atoms with van der Waals surface area (Å²) < 4.78 is 38.2. The number of hydrogen-bond acceptors (Lipinski definition) is 5. The summed E-state index contributed by atoms with van der Waals surface area (Å²) in [4.78, 5) is 42.7. The number of hydrogen-bond donors (Lipinski definition) is 0. The molecule has 3 fully saturated rings. The maximum absolute atomic E-state index is 13.3. The monoisotopic (exact) mass is 534 g/mol. The van der Waals surface area contributed by atoms with E-state index in [0.717, 1.165) is 60.8 Å². The average Bonchev–Trinajstić information content (AvgIpc) is 3.65. The highest BCUT2D eigenvalue weighted by Gasteiger charge is 2.41. The average molecular weight is 535 g/mol. The lowest BCUT2D eigenvalue weighted by Crippen LogP contribution is -2.52. The zero-order valence-electron chi connectivity index (χ0n) is 22.0. The second kappa shape index (κ2) is 10.9. The van der Waals surface area contributed by atoms with E-state index in [2.05, 4.69) is 4.90 Å². The highest BCUT2D eigenvalue weighted by molar-refractivity contribution is 6.05. The van der Waals surface area contributed by atoms with Crippen LogP contribution in [0.25, 0.3) is 0 Å². The van der Waals surface area contributed by atoms with Crippen LogP contribution in [-0.2, 0) is 16.1 Å². The third kappa shape index (κ3) is 5.84. The number of amides is 3. The quantitative estimate of drug-likeness (QED) is 0.422. The van der Waals surface area contributed by atoms with Gasteiger partial charge in [0.2, 0.25) is 11.8 Å². The van der Waals surface area contributed by atoms with Gasteiger partial charge in [-0.1, -0.05) is 18.9 Å². The molecule has 2 aliphatic carbocycles. The molecule has 2 heterocycles. The second-order valence-corrected chi connectivity index (χ2v) is 11.4. The Kier molecular flexibility index (Phi) is 7.71. The molecule has 1 saturated heterocycles. The Bertz CT molecular complexity index is 1050. The van der Waals surface area contributed by atoms with Gasteiger partial charge >= 0.3 is 6.18 Å². The Morgan fingerprint density at radius 3 is 2.21 bits per heavy atom. The van der Waals surface area contributed by atoms with Crippen LogP contribution in [0.4, 0.5) is 18.9 Å². The molecule has 0 bridgehead atoms. The normalized spacial score (nSPS) is 24.4. The fourth-order valence-corrected chi connectivity index (χ4v) is 6.27. The minimum atomic E-state index is -4.15. The van der Waals surface area contributed by atoms with Crippen molar-refractivity contribution in [3.8, 4) is 0 Å². The number of rotatable bonds is 9. The molecule has 5 rings (SSSR count). The number of anilines is 1. The smallest absolute Gasteiger partial charge is 0.368 e. The molecule has 2 saturated carbocycles. The van der Waals surface area contributed by atoms with Crippen LogP contribution >= 0.6 is 0 Å². The first-order valence-corrected chi connectivity index (χ1v) is 14.0. The number of piperidine rings is 1. The molecule has 1 aromatic rings. The van der Waals surface area contributed by atoms with Crippen molar-refractivity contribution in [2.45, 2.75) is 95.4 Å². The minimum Gasteiger partial charge on any atom is -0.368 e. The molecule has 4 aliphatic rings. The number of benzene rings is 1. The van der Waals surface area contributed by atoms with Crippen molar-refractivity contribution in [2.75, 3.05) is 25.0 Å². The Hall–Kier alpha value is -2.62. The summed E-state index contributed by atoms with van der Waals surface area (Å²) in [5, 5.41) is 2.36. The predicted octanol–water partition coefficient (Wildman–Crippen LogP) is 4.90. The first-order chi connectivity index (χ1) is 18.1. The van der Waals surface area contributed by atoms with Crippen molar-refractivity contribution in [3.05, 3.63) is 29.3 Å². The van der Waals surface area contributed by atoms with Crippen LogP contribution in [0.5, 0.6) is 0 Å². The van der Waals surface area contributed by atoms with Crippen LogP contribution in [-0.4, -0.2) is 71.0 Å². The van der Waals surface area contributed by atoms with E-state index in [0.29, 0.717) is 12.0 Å². The topological polar surface area (TPSA) is 64.2 Å². The van der Waals surface area contributed by atoms with Crippen molar-refractivity contribution in [1.29, 1.82) is 0 Å². The number of alkyl halides is 3. The number of carbonyl (C=O) groups is 3. The van der Waals surface area contributed by atoms with Crippen LogP contribution in [0.2, 0.25) is 0 Å². The lowest BCUT2D eigenvalue weighted by molar-refractivity contribution is -0.163. The van der Waals surface area contributed by atoms with Crippen molar-refractivity contribution < 1.29 is 27.6 Å². The third-order valence-corrected chi connectivity index (χ3v) is 8.68.